The van der Waals surface area contributed by atoms with E-state index in [2.05, 4.69) is 10.4 Å². The van der Waals surface area contributed by atoms with Crippen LogP contribution in [-0.4, -0.2) is 46.1 Å². The first-order valence-electron chi connectivity index (χ1n) is 8.53. The SMILES string of the molecule is COc1ccc(-n2nc3c(c2NC(=O)CN2C(=O)CCC2=O)CSC3)cc1. The van der Waals surface area contributed by atoms with Gasteiger partial charge < -0.3 is 10.1 Å². The number of thioether (sulfide) groups is 1. The van der Waals surface area contributed by atoms with Crippen molar-refractivity contribution in [3.05, 3.63) is 35.5 Å². The molecule has 8 nitrogen and oxygen atoms in total. The van der Waals surface area contributed by atoms with E-state index in [4.69, 9.17) is 4.74 Å². The first-order chi connectivity index (χ1) is 13.1. The molecule has 1 fully saturated rings. The lowest BCUT2D eigenvalue weighted by Gasteiger charge is -2.15. The number of imide groups is 1. The Morgan fingerprint density at radius 1 is 1.19 bits per heavy atom. The Kier molecular flexibility index (Phi) is 4.61. The number of ether oxygens (including phenoxy) is 1. The highest BCUT2D eigenvalue weighted by Crippen LogP contribution is 2.36. The molecule has 0 spiro atoms. The van der Waals surface area contributed by atoms with Gasteiger partial charge in [0, 0.05) is 29.9 Å². The van der Waals surface area contributed by atoms with Crippen LogP contribution < -0.4 is 10.1 Å². The van der Waals surface area contributed by atoms with E-state index in [0.717, 1.165) is 39.1 Å². The second-order valence-electron chi connectivity index (χ2n) is 6.30. The molecule has 2 aliphatic heterocycles. The summed E-state index contributed by atoms with van der Waals surface area (Å²) in [5.41, 5.74) is 2.70. The van der Waals surface area contributed by atoms with Gasteiger partial charge in [0.25, 0.3) is 0 Å². The van der Waals surface area contributed by atoms with E-state index >= 15 is 0 Å². The van der Waals surface area contributed by atoms with Crippen LogP contribution in [0.2, 0.25) is 0 Å². The summed E-state index contributed by atoms with van der Waals surface area (Å²) in [6.45, 7) is -0.270. The van der Waals surface area contributed by atoms with Crippen LogP contribution in [0, 0.1) is 0 Å². The molecule has 1 aromatic heterocycles. The fourth-order valence-electron chi connectivity index (χ4n) is 3.17. The van der Waals surface area contributed by atoms with Gasteiger partial charge in [-0.3, -0.25) is 19.3 Å². The summed E-state index contributed by atoms with van der Waals surface area (Å²) >= 11 is 1.73. The maximum Gasteiger partial charge on any atom is 0.245 e. The number of amides is 3. The van der Waals surface area contributed by atoms with E-state index in [-0.39, 0.29) is 31.2 Å². The molecule has 3 heterocycles. The fraction of sp³-hybridized carbons (Fsp3) is 0.333. The standard InChI is InChI=1S/C18H18N4O4S/c1-26-12-4-2-11(3-5-12)22-18(13-9-27-10-14(13)20-22)19-15(23)8-21-16(24)6-7-17(21)25/h2-5H,6-10H2,1H3,(H,19,23). The summed E-state index contributed by atoms with van der Waals surface area (Å²) < 4.78 is 6.87. The summed E-state index contributed by atoms with van der Waals surface area (Å²) in [6.07, 6.45) is 0.337. The summed E-state index contributed by atoms with van der Waals surface area (Å²) in [5.74, 6) is 1.83. The summed E-state index contributed by atoms with van der Waals surface area (Å²) in [4.78, 5) is 37.0. The Labute approximate surface area is 159 Å². The van der Waals surface area contributed by atoms with Gasteiger partial charge >= 0.3 is 0 Å². The number of methoxy groups -OCH3 is 1. The number of aromatic nitrogens is 2. The number of nitrogens with zero attached hydrogens (tertiary/aromatic N) is 3. The number of fused-ring (bicyclic) bond motifs is 1. The zero-order chi connectivity index (χ0) is 19.0. The molecular formula is C18H18N4O4S. The monoisotopic (exact) mass is 386 g/mol. The maximum atomic E-state index is 12.5. The molecule has 4 rings (SSSR count). The minimum Gasteiger partial charge on any atom is -0.497 e. The molecule has 27 heavy (non-hydrogen) atoms. The van der Waals surface area contributed by atoms with Crippen LogP contribution in [0.25, 0.3) is 5.69 Å². The summed E-state index contributed by atoms with van der Waals surface area (Å²) in [7, 11) is 1.60. The van der Waals surface area contributed by atoms with Crippen molar-refractivity contribution in [3.63, 3.8) is 0 Å². The minimum atomic E-state index is -0.409. The third kappa shape index (κ3) is 3.30. The number of carbonyl (C=O) groups excluding carboxylic acids is 3. The number of hydrogen-bond acceptors (Lipinski definition) is 6. The number of likely N-dealkylation sites (tertiary alicyclic amines) is 1. The second kappa shape index (κ2) is 7.07. The lowest BCUT2D eigenvalue weighted by atomic mass is 10.2. The number of anilines is 1. The van der Waals surface area contributed by atoms with Crippen molar-refractivity contribution in [3.8, 4) is 11.4 Å². The molecule has 3 amide bonds. The molecule has 1 N–H and O–H groups in total. The highest BCUT2D eigenvalue weighted by Gasteiger charge is 2.31. The number of nitrogens with one attached hydrogen (secondary N) is 1. The van der Waals surface area contributed by atoms with E-state index < -0.39 is 5.91 Å². The predicted molar refractivity (Wildman–Crippen MR) is 99.7 cm³/mol. The Morgan fingerprint density at radius 2 is 1.89 bits per heavy atom. The van der Waals surface area contributed by atoms with Crippen molar-refractivity contribution in [2.45, 2.75) is 24.3 Å². The quantitative estimate of drug-likeness (QED) is 0.787. The molecule has 2 aromatic rings. The molecule has 0 aliphatic carbocycles. The van der Waals surface area contributed by atoms with Crippen LogP contribution in [0.4, 0.5) is 5.82 Å². The molecule has 0 radical (unpaired) electrons. The molecule has 0 unspecified atom stereocenters. The van der Waals surface area contributed by atoms with E-state index in [1.54, 1.807) is 23.6 Å². The fourth-order valence-corrected chi connectivity index (χ4v) is 4.20. The molecule has 0 bridgehead atoms. The van der Waals surface area contributed by atoms with Gasteiger partial charge in [0.1, 0.15) is 18.1 Å². The van der Waals surface area contributed by atoms with Gasteiger partial charge in [0.15, 0.2) is 0 Å². The van der Waals surface area contributed by atoms with Crippen LogP contribution in [0.1, 0.15) is 24.1 Å². The zero-order valence-electron chi connectivity index (χ0n) is 14.7. The first-order valence-corrected chi connectivity index (χ1v) is 9.68. The van der Waals surface area contributed by atoms with Gasteiger partial charge in [-0.1, -0.05) is 0 Å². The third-order valence-electron chi connectivity index (χ3n) is 4.58. The van der Waals surface area contributed by atoms with E-state index in [1.165, 1.54) is 0 Å². The van der Waals surface area contributed by atoms with Crippen molar-refractivity contribution >= 4 is 35.3 Å². The van der Waals surface area contributed by atoms with Crippen LogP contribution >= 0.6 is 11.8 Å². The first kappa shape index (κ1) is 17.6. The van der Waals surface area contributed by atoms with Gasteiger partial charge in [0.05, 0.1) is 18.5 Å². The van der Waals surface area contributed by atoms with Crippen molar-refractivity contribution in [2.75, 3.05) is 19.0 Å². The Hall–Kier alpha value is -2.81. The second-order valence-corrected chi connectivity index (χ2v) is 7.28. The normalized spacial score (nSPS) is 16.0. The lowest BCUT2D eigenvalue weighted by molar-refractivity contribution is -0.141. The Balaban J connectivity index is 1.60. The van der Waals surface area contributed by atoms with Crippen molar-refractivity contribution in [2.24, 2.45) is 0 Å². The topological polar surface area (TPSA) is 93.5 Å². The maximum absolute atomic E-state index is 12.5. The molecule has 1 saturated heterocycles. The number of hydrogen-bond donors (Lipinski definition) is 1. The minimum absolute atomic E-state index is 0.169. The third-order valence-corrected chi connectivity index (χ3v) is 5.55. The molecule has 9 heteroatoms. The largest absolute Gasteiger partial charge is 0.497 e. The Bertz CT molecular complexity index is 906. The highest BCUT2D eigenvalue weighted by atomic mass is 32.2. The average molecular weight is 386 g/mol. The van der Waals surface area contributed by atoms with Crippen LogP contribution in [0.3, 0.4) is 0 Å². The van der Waals surface area contributed by atoms with Crippen LogP contribution in [0.5, 0.6) is 5.75 Å². The molecule has 140 valence electrons. The lowest BCUT2D eigenvalue weighted by Crippen LogP contribution is -2.37. The van der Waals surface area contributed by atoms with Crippen LogP contribution in [0.15, 0.2) is 24.3 Å². The molecule has 1 aromatic carbocycles. The molecule has 0 atom stereocenters. The molecule has 2 aliphatic rings. The number of benzene rings is 1. The molecule has 0 saturated carbocycles. The average Bonchev–Trinajstić information content (AvgIpc) is 3.34. The van der Waals surface area contributed by atoms with Gasteiger partial charge in [-0.05, 0) is 24.3 Å². The van der Waals surface area contributed by atoms with Gasteiger partial charge in [0.2, 0.25) is 17.7 Å². The molecular weight excluding hydrogens is 368 g/mol. The van der Waals surface area contributed by atoms with E-state index in [0.29, 0.717) is 5.82 Å². The van der Waals surface area contributed by atoms with E-state index in [1.807, 2.05) is 24.3 Å². The van der Waals surface area contributed by atoms with Crippen LogP contribution in [-0.2, 0) is 25.9 Å². The summed E-state index contributed by atoms with van der Waals surface area (Å²) in [6, 6.07) is 7.36. The van der Waals surface area contributed by atoms with Gasteiger partial charge in [-0.15, -0.1) is 0 Å². The Morgan fingerprint density at radius 3 is 2.56 bits per heavy atom. The predicted octanol–water partition coefficient (Wildman–Crippen LogP) is 1.72. The highest BCUT2D eigenvalue weighted by molar-refractivity contribution is 7.98. The zero-order valence-corrected chi connectivity index (χ0v) is 15.5. The number of carbonyl (C=O) groups is 3. The van der Waals surface area contributed by atoms with Gasteiger partial charge in [-0.2, -0.15) is 16.9 Å². The van der Waals surface area contributed by atoms with Crippen molar-refractivity contribution in [1.29, 1.82) is 0 Å². The van der Waals surface area contributed by atoms with Gasteiger partial charge in [-0.25, -0.2) is 4.68 Å². The number of rotatable bonds is 5. The van der Waals surface area contributed by atoms with Crippen molar-refractivity contribution < 1.29 is 19.1 Å². The summed E-state index contributed by atoms with van der Waals surface area (Å²) in [5, 5.41) is 7.48. The van der Waals surface area contributed by atoms with Crippen molar-refractivity contribution in [1.82, 2.24) is 14.7 Å². The smallest absolute Gasteiger partial charge is 0.245 e. The van der Waals surface area contributed by atoms with E-state index in [9.17, 15) is 14.4 Å².